The lowest BCUT2D eigenvalue weighted by atomic mass is 10.1. The molecular weight excluding hydrogens is 372 g/mol. The zero-order valence-corrected chi connectivity index (χ0v) is 14.9. The Bertz CT molecular complexity index is 1080. The number of halogens is 2. The molecular formula is C19H15F2N3O2S. The molecule has 5 nitrogen and oxygen atoms in total. The van der Waals surface area contributed by atoms with Gasteiger partial charge in [0.1, 0.15) is 17.5 Å². The first-order valence-electron chi connectivity index (χ1n) is 8.33. The van der Waals surface area contributed by atoms with Gasteiger partial charge in [0.2, 0.25) is 0 Å². The molecule has 3 aromatic rings. The van der Waals surface area contributed by atoms with Gasteiger partial charge in [-0.15, -0.1) is 0 Å². The molecule has 1 aliphatic rings. The van der Waals surface area contributed by atoms with Gasteiger partial charge in [0.05, 0.1) is 10.6 Å². The van der Waals surface area contributed by atoms with Crippen LogP contribution in [-0.2, 0) is 10.0 Å². The zero-order chi connectivity index (χ0) is 19.0. The number of hydrogen-bond donors (Lipinski definition) is 1. The number of anilines is 1. The second kappa shape index (κ2) is 6.70. The van der Waals surface area contributed by atoms with E-state index in [4.69, 9.17) is 0 Å². The predicted molar refractivity (Wildman–Crippen MR) is 96.6 cm³/mol. The third-order valence-electron chi connectivity index (χ3n) is 4.28. The molecule has 1 fully saturated rings. The van der Waals surface area contributed by atoms with Crippen molar-refractivity contribution in [2.45, 2.75) is 23.7 Å². The number of nitrogens with one attached hydrogen (secondary N) is 1. The number of hydrogen-bond acceptors (Lipinski definition) is 4. The van der Waals surface area contributed by atoms with E-state index in [1.165, 1.54) is 12.1 Å². The molecule has 1 aromatic heterocycles. The maximum Gasteiger partial charge on any atom is 0.261 e. The fourth-order valence-corrected chi connectivity index (χ4v) is 3.70. The van der Waals surface area contributed by atoms with Gasteiger partial charge in [0.15, 0.2) is 0 Å². The Hall–Kier alpha value is -2.87. The number of benzene rings is 2. The van der Waals surface area contributed by atoms with Crippen LogP contribution in [0.4, 0.5) is 14.5 Å². The Morgan fingerprint density at radius 3 is 2.22 bits per heavy atom. The number of rotatable bonds is 5. The Balaban J connectivity index is 1.56. The van der Waals surface area contributed by atoms with Gasteiger partial charge in [-0.05, 0) is 42.7 Å². The topological polar surface area (TPSA) is 72.0 Å². The Kier molecular flexibility index (Phi) is 4.35. The van der Waals surface area contributed by atoms with Gasteiger partial charge in [0.25, 0.3) is 10.0 Å². The molecule has 0 amide bonds. The van der Waals surface area contributed by atoms with Crippen molar-refractivity contribution in [1.29, 1.82) is 0 Å². The van der Waals surface area contributed by atoms with Crippen molar-refractivity contribution in [2.75, 3.05) is 4.72 Å². The first-order chi connectivity index (χ1) is 12.9. The summed E-state index contributed by atoms with van der Waals surface area (Å²) in [4.78, 5) is 8.62. The van der Waals surface area contributed by atoms with Crippen LogP contribution in [-0.4, -0.2) is 18.4 Å². The van der Waals surface area contributed by atoms with E-state index >= 15 is 0 Å². The summed E-state index contributed by atoms with van der Waals surface area (Å²) in [5.74, 6) is -0.302. The molecule has 0 aliphatic heterocycles. The second-order valence-electron chi connectivity index (χ2n) is 6.36. The van der Waals surface area contributed by atoms with E-state index < -0.39 is 27.3 Å². The molecule has 1 N–H and O–H groups in total. The lowest BCUT2D eigenvalue weighted by Gasteiger charge is -2.10. The molecule has 1 saturated carbocycles. The van der Waals surface area contributed by atoms with Crippen LogP contribution >= 0.6 is 0 Å². The Morgan fingerprint density at radius 2 is 1.59 bits per heavy atom. The minimum Gasteiger partial charge on any atom is -0.277 e. The van der Waals surface area contributed by atoms with Crippen molar-refractivity contribution in [3.05, 3.63) is 72.3 Å². The molecule has 8 heteroatoms. The average molecular weight is 387 g/mol. The molecule has 0 atom stereocenters. The van der Waals surface area contributed by atoms with E-state index in [1.54, 1.807) is 24.5 Å². The van der Waals surface area contributed by atoms with Crippen molar-refractivity contribution in [3.8, 4) is 11.1 Å². The number of aromatic nitrogens is 2. The second-order valence-corrected chi connectivity index (χ2v) is 8.04. The molecule has 1 aliphatic carbocycles. The zero-order valence-electron chi connectivity index (χ0n) is 14.1. The molecule has 0 unspecified atom stereocenters. The molecule has 0 spiro atoms. The summed E-state index contributed by atoms with van der Waals surface area (Å²) in [5, 5.41) is 0. The summed E-state index contributed by atoms with van der Waals surface area (Å²) >= 11 is 0. The maximum absolute atomic E-state index is 13.7. The molecule has 1 heterocycles. The predicted octanol–water partition coefficient (Wildman–Crippen LogP) is 4.10. The van der Waals surface area contributed by atoms with Crippen molar-refractivity contribution < 1.29 is 17.2 Å². The van der Waals surface area contributed by atoms with E-state index in [9.17, 15) is 17.2 Å². The normalized spacial score (nSPS) is 14.1. The fourth-order valence-electron chi connectivity index (χ4n) is 2.65. The van der Waals surface area contributed by atoms with Crippen LogP contribution in [0.2, 0.25) is 0 Å². The smallest absolute Gasteiger partial charge is 0.261 e. The van der Waals surface area contributed by atoms with Crippen LogP contribution in [0, 0.1) is 11.6 Å². The van der Waals surface area contributed by atoms with Crippen LogP contribution in [0.15, 0.2) is 59.8 Å². The molecule has 2 aromatic carbocycles. The van der Waals surface area contributed by atoms with Gasteiger partial charge in [-0.1, -0.05) is 12.1 Å². The van der Waals surface area contributed by atoms with E-state index in [0.717, 1.165) is 48.0 Å². The Morgan fingerprint density at radius 1 is 0.926 bits per heavy atom. The van der Waals surface area contributed by atoms with Gasteiger partial charge in [-0.25, -0.2) is 27.2 Å². The standard InChI is InChI=1S/C19H15F2N3O2S/c20-15-5-8-17(21)18(9-15)24-27(25,26)16-6-3-12(4-7-16)14-10-22-19(23-11-14)13-1-2-13/h3-11,13,24H,1-2H2. The number of sulfonamides is 1. The molecule has 0 radical (unpaired) electrons. The van der Waals surface area contributed by atoms with E-state index in [1.807, 2.05) is 0 Å². The lowest BCUT2D eigenvalue weighted by Crippen LogP contribution is -2.14. The third-order valence-corrected chi connectivity index (χ3v) is 5.67. The van der Waals surface area contributed by atoms with Crippen LogP contribution in [0.3, 0.4) is 0 Å². The first kappa shape index (κ1) is 17.5. The van der Waals surface area contributed by atoms with Crippen LogP contribution in [0.1, 0.15) is 24.6 Å². The summed E-state index contributed by atoms with van der Waals surface area (Å²) in [6.07, 6.45) is 5.66. The summed E-state index contributed by atoms with van der Waals surface area (Å²) < 4.78 is 53.8. The average Bonchev–Trinajstić information content (AvgIpc) is 3.50. The molecule has 0 saturated heterocycles. The van der Waals surface area contributed by atoms with Gasteiger partial charge in [-0.2, -0.15) is 0 Å². The Labute approximate surface area is 155 Å². The summed E-state index contributed by atoms with van der Waals surface area (Å²) in [5.41, 5.74) is 1.09. The van der Waals surface area contributed by atoms with Crippen molar-refractivity contribution in [1.82, 2.24) is 9.97 Å². The van der Waals surface area contributed by atoms with Crippen LogP contribution < -0.4 is 4.72 Å². The molecule has 0 bridgehead atoms. The number of nitrogens with zero attached hydrogens (tertiary/aromatic N) is 2. The van der Waals surface area contributed by atoms with Gasteiger partial charge >= 0.3 is 0 Å². The highest BCUT2D eigenvalue weighted by Crippen LogP contribution is 2.38. The maximum atomic E-state index is 13.7. The summed E-state index contributed by atoms with van der Waals surface area (Å²) in [7, 11) is -4.05. The fraction of sp³-hybridized carbons (Fsp3) is 0.158. The molecule has 4 rings (SSSR count). The largest absolute Gasteiger partial charge is 0.277 e. The lowest BCUT2D eigenvalue weighted by molar-refractivity contribution is 0.594. The van der Waals surface area contributed by atoms with Crippen molar-refractivity contribution in [3.63, 3.8) is 0 Å². The molecule has 27 heavy (non-hydrogen) atoms. The van der Waals surface area contributed by atoms with Crippen LogP contribution in [0.5, 0.6) is 0 Å². The van der Waals surface area contributed by atoms with Gasteiger partial charge in [-0.3, -0.25) is 4.72 Å². The van der Waals surface area contributed by atoms with Gasteiger partial charge < -0.3 is 0 Å². The minimum atomic E-state index is -4.05. The quantitative estimate of drug-likeness (QED) is 0.715. The third kappa shape index (κ3) is 3.80. The highest BCUT2D eigenvalue weighted by atomic mass is 32.2. The monoisotopic (exact) mass is 387 g/mol. The molecule has 138 valence electrons. The van der Waals surface area contributed by atoms with E-state index in [0.29, 0.717) is 5.92 Å². The van der Waals surface area contributed by atoms with E-state index in [2.05, 4.69) is 14.7 Å². The summed E-state index contributed by atoms with van der Waals surface area (Å²) in [6.45, 7) is 0. The van der Waals surface area contributed by atoms with Crippen LogP contribution in [0.25, 0.3) is 11.1 Å². The highest BCUT2D eigenvalue weighted by Gasteiger charge is 2.26. The summed E-state index contributed by atoms with van der Waals surface area (Å²) in [6, 6.07) is 8.59. The highest BCUT2D eigenvalue weighted by molar-refractivity contribution is 7.92. The van der Waals surface area contributed by atoms with Crippen molar-refractivity contribution >= 4 is 15.7 Å². The van der Waals surface area contributed by atoms with E-state index in [-0.39, 0.29) is 4.90 Å². The minimum absolute atomic E-state index is 0.0644. The SMILES string of the molecule is O=S(=O)(Nc1cc(F)ccc1F)c1ccc(-c2cnc(C3CC3)nc2)cc1. The van der Waals surface area contributed by atoms with Gasteiger partial charge in [0, 0.05) is 29.9 Å². The van der Waals surface area contributed by atoms with Crippen molar-refractivity contribution in [2.24, 2.45) is 0 Å². The first-order valence-corrected chi connectivity index (χ1v) is 9.81.